The van der Waals surface area contributed by atoms with Crippen molar-refractivity contribution >= 4 is 44.4 Å². The lowest BCUT2D eigenvalue weighted by atomic mass is 10.0. The quantitative estimate of drug-likeness (QED) is 0.491. The van der Waals surface area contributed by atoms with Gasteiger partial charge < -0.3 is 10.0 Å². The maximum Gasteiger partial charge on any atom is 0.326 e. The lowest BCUT2D eigenvalue weighted by Crippen LogP contribution is -2.43. The lowest BCUT2D eigenvalue weighted by Gasteiger charge is -2.28. The Morgan fingerprint density at radius 3 is 2.66 bits per heavy atom. The Hall–Kier alpha value is -3.01. The first-order valence-electron chi connectivity index (χ1n) is 9.07. The molecular weight excluding hydrogens is 438 g/mol. The SMILES string of the molecule is CC(C)[C@H](C(=O)O)N(C)c1nc2c(Br)cccc2c2nc(-c3cnn(C)c3)nn12. The molecule has 4 aromatic rings. The molecule has 0 unspecified atom stereocenters. The summed E-state index contributed by atoms with van der Waals surface area (Å²) in [5.41, 5.74) is 2.07. The molecule has 4 rings (SSSR count). The first-order valence-corrected chi connectivity index (χ1v) is 9.87. The monoisotopic (exact) mass is 457 g/mol. The number of aliphatic carboxylic acids is 1. The third-order valence-electron chi connectivity index (χ3n) is 4.82. The number of aryl methyl sites for hydroxylation is 1. The van der Waals surface area contributed by atoms with Crippen LogP contribution < -0.4 is 4.90 Å². The van der Waals surface area contributed by atoms with Crippen molar-refractivity contribution in [2.45, 2.75) is 19.9 Å². The molecule has 29 heavy (non-hydrogen) atoms. The fraction of sp³-hybridized carbons (Fsp3) is 0.316. The Kier molecular flexibility index (Phi) is 4.73. The summed E-state index contributed by atoms with van der Waals surface area (Å²) in [6.07, 6.45) is 3.52. The topological polar surface area (TPSA) is 101 Å². The number of halogens is 1. The van der Waals surface area contributed by atoms with Gasteiger partial charge in [-0.05, 0) is 34.0 Å². The van der Waals surface area contributed by atoms with E-state index >= 15 is 0 Å². The van der Waals surface area contributed by atoms with Gasteiger partial charge in [0.2, 0.25) is 5.95 Å². The van der Waals surface area contributed by atoms with Crippen LogP contribution in [0.15, 0.2) is 35.1 Å². The van der Waals surface area contributed by atoms with Crippen LogP contribution in [0.25, 0.3) is 27.9 Å². The van der Waals surface area contributed by atoms with Gasteiger partial charge in [-0.3, -0.25) is 4.68 Å². The highest BCUT2D eigenvalue weighted by molar-refractivity contribution is 9.10. The Morgan fingerprint density at radius 1 is 1.28 bits per heavy atom. The summed E-state index contributed by atoms with van der Waals surface area (Å²) >= 11 is 3.55. The number of likely N-dealkylation sites (N-methyl/N-ethyl adjacent to an activating group) is 1. The first kappa shape index (κ1) is 19.3. The maximum absolute atomic E-state index is 11.9. The van der Waals surface area contributed by atoms with E-state index in [2.05, 4.69) is 26.1 Å². The summed E-state index contributed by atoms with van der Waals surface area (Å²) in [6.45, 7) is 3.73. The van der Waals surface area contributed by atoms with E-state index in [4.69, 9.17) is 9.97 Å². The van der Waals surface area contributed by atoms with Gasteiger partial charge in [0.15, 0.2) is 11.5 Å². The van der Waals surface area contributed by atoms with E-state index in [9.17, 15) is 9.90 Å². The zero-order chi connectivity index (χ0) is 20.9. The number of hydrogen-bond donors (Lipinski definition) is 1. The number of carboxylic acids is 1. The fourth-order valence-corrected chi connectivity index (χ4v) is 3.95. The number of fused-ring (bicyclic) bond motifs is 3. The van der Waals surface area contributed by atoms with Crippen molar-refractivity contribution in [3.8, 4) is 11.4 Å². The van der Waals surface area contributed by atoms with Crippen molar-refractivity contribution in [2.75, 3.05) is 11.9 Å². The highest BCUT2D eigenvalue weighted by Gasteiger charge is 2.30. The molecule has 1 atom stereocenters. The van der Waals surface area contributed by atoms with Crippen LogP contribution >= 0.6 is 15.9 Å². The van der Waals surface area contributed by atoms with Gasteiger partial charge in [0.25, 0.3) is 0 Å². The highest BCUT2D eigenvalue weighted by Crippen LogP contribution is 2.30. The molecule has 0 saturated carbocycles. The molecule has 0 radical (unpaired) electrons. The average molecular weight is 458 g/mol. The molecule has 1 N–H and O–H groups in total. The third-order valence-corrected chi connectivity index (χ3v) is 5.46. The summed E-state index contributed by atoms with van der Waals surface area (Å²) in [4.78, 5) is 23.0. The summed E-state index contributed by atoms with van der Waals surface area (Å²) in [5.74, 6) is -0.149. The van der Waals surface area contributed by atoms with Gasteiger partial charge >= 0.3 is 5.97 Å². The molecule has 3 heterocycles. The highest BCUT2D eigenvalue weighted by atomic mass is 79.9. The van der Waals surface area contributed by atoms with Crippen molar-refractivity contribution in [1.29, 1.82) is 0 Å². The Bertz CT molecular complexity index is 1230. The molecular formula is C19H20BrN7O2. The number of carboxylic acid groups (broad SMARTS) is 1. The fourth-order valence-electron chi connectivity index (χ4n) is 3.49. The first-order chi connectivity index (χ1) is 13.8. The predicted molar refractivity (Wildman–Crippen MR) is 113 cm³/mol. The van der Waals surface area contributed by atoms with Crippen LogP contribution in [0.3, 0.4) is 0 Å². The smallest absolute Gasteiger partial charge is 0.326 e. The normalized spacial score (nSPS) is 12.8. The Morgan fingerprint density at radius 2 is 2.03 bits per heavy atom. The van der Waals surface area contributed by atoms with Crippen molar-refractivity contribution in [1.82, 2.24) is 29.4 Å². The van der Waals surface area contributed by atoms with Gasteiger partial charge in [0.05, 0.1) is 17.3 Å². The van der Waals surface area contributed by atoms with E-state index in [0.29, 0.717) is 22.9 Å². The zero-order valence-corrected chi connectivity index (χ0v) is 18.0. The summed E-state index contributed by atoms with van der Waals surface area (Å²) in [6, 6.07) is 4.96. The molecule has 0 aliphatic carbocycles. The summed E-state index contributed by atoms with van der Waals surface area (Å²) in [5, 5.41) is 19.4. The van der Waals surface area contributed by atoms with Crippen LogP contribution in [-0.4, -0.2) is 53.5 Å². The average Bonchev–Trinajstić information content (AvgIpc) is 3.27. The number of nitrogens with zero attached hydrogens (tertiary/aromatic N) is 7. The van der Waals surface area contributed by atoms with Crippen LogP contribution in [0.4, 0.5) is 5.95 Å². The molecule has 3 aromatic heterocycles. The van der Waals surface area contributed by atoms with Crippen molar-refractivity contribution in [2.24, 2.45) is 13.0 Å². The van der Waals surface area contributed by atoms with E-state index < -0.39 is 12.0 Å². The van der Waals surface area contributed by atoms with E-state index in [1.54, 1.807) is 27.3 Å². The second-order valence-electron chi connectivity index (χ2n) is 7.26. The van der Waals surface area contributed by atoms with Gasteiger partial charge in [0, 0.05) is 30.2 Å². The second kappa shape index (κ2) is 7.11. The van der Waals surface area contributed by atoms with Crippen LogP contribution in [0.5, 0.6) is 0 Å². The third kappa shape index (κ3) is 3.23. The Balaban J connectivity index is 2.02. The molecule has 0 bridgehead atoms. The number of benzene rings is 1. The van der Waals surface area contributed by atoms with Gasteiger partial charge in [-0.15, -0.1) is 5.10 Å². The molecule has 0 aliphatic heterocycles. The molecule has 0 aliphatic rings. The molecule has 0 fully saturated rings. The van der Waals surface area contributed by atoms with Crippen molar-refractivity contribution in [3.05, 3.63) is 35.1 Å². The van der Waals surface area contributed by atoms with E-state index in [-0.39, 0.29) is 5.92 Å². The molecule has 0 amide bonds. The minimum absolute atomic E-state index is 0.134. The minimum Gasteiger partial charge on any atom is -0.480 e. The van der Waals surface area contributed by atoms with Gasteiger partial charge in [-0.1, -0.05) is 19.9 Å². The number of hydrogen-bond acceptors (Lipinski definition) is 6. The van der Waals surface area contributed by atoms with E-state index in [0.717, 1.165) is 15.4 Å². The molecule has 150 valence electrons. The standard InChI is InChI=1S/C19H20BrN7O2/c1-10(2)15(18(28)29)26(4)19-22-14-12(6-5-7-13(14)20)17-23-16(24-27(17)19)11-8-21-25(3)9-11/h5-10,15H,1-4H3,(H,28,29)/t15-/m1/s1. The van der Waals surface area contributed by atoms with Crippen LogP contribution in [0.1, 0.15) is 13.8 Å². The number of para-hydroxylation sites is 1. The Labute approximate surface area is 175 Å². The molecule has 0 spiro atoms. The summed E-state index contributed by atoms with van der Waals surface area (Å²) in [7, 11) is 3.54. The maximum atomic E-state index is 11.9. The molecule has 9 nitrogen and oxygen atoms in total. The van der Waals surface area contributed by atoms with Crippen LogP contribution in [-0.2, 0) is 11.8 Å². The molecule has 0 saturated heterocycles. The minimum atomic E-state index is -0.919. The number of carbonyl (C=O) groups is 1. The molecule has 1 aromatic carbocycles. The van der Waals surface area contributed by atoms with E-state index in [1.807, 2.05) is 45.3 Å². The lowest BCUT2D eigenvalue weighted by molar-refractivity contribution is -0.139. The van der Waals surface area contributed by atoms with Crippen molar-refractivity contribution in [3.63, 3.8) is 0 Å². The van der Waals surface area contributed by atoms with Crippen molar-refractivity contribution < 1.29 is 9.90 Å². The van der Waals surface area contributed by atoms with Gasteiger partial charge in [0.1, 0.15) is 6.04 Å². The van der Waals surface area contributed by atoms with E-state index in [1.165, 1.54) is 0 Å². The van der Waals surface area contributed by atoms with Crippen LogP contribution in [0.2, 0.25) is 0 Å². The largest absolute Gasteiger partial charge is 0.480 e. The zero-order valence-electron chi connectivity index (χ0n) is 16.4. The number of aromatic nitrogens is 6. The summed E-state index contributed by atoms with van der Waals surface area (Å²) < 4.78 is 4.09. The van der Waals surface area contributed by atoms with Crippen LogP contribution in [0, 0.1) is 5.92 Å². The second-order valence-corrected chi connectivity index (χ2v) is 8.11. The number of anilines is 1. The predicted octanol–water partition coefficient (Wildman–Crippen LogP) is 2.99. The number of rotatable bonds is 5. The van der Waals surface area contributed by atoms with Gasteiger partial charge in [-0.2, -0.15) is 9.61 Å². The van der Waals surface area contributed by atoms with Gasteiger partial charge in [-0.25, -0.2) is 14.8 Å². The molecule has 10 heteroatoms.